The van der Waals surface area contributed by atoms with Gasteiger partial charge in [-0.05, 0) is 69.5 Å². The number of hydrogen-bond donors (Lipinski definition) is 3. The molecule has 0 radical (unpaired) electrons. The first-order valence-corrected chi connectivity index (χ1v) is 10.1. The first kappa shape index (κ1) is 24.0. The van der Waals surface area contributed by atoms with Crippen LogP contribution in [0.5, 0.6) is 17.2 Å². The minimum atomic E-state index is -0.379. The highest BCUT2D eigenvalue weighted by atomic mass is 16.5. The molecule has 0 heterocycles. The van der Waals surface area contributed by atoms with Crippen molar-refractivity contribution in [1.82, 2.24) is 0 Å². The van der Waals surface area contributed by atoms with Gasteiger partial charge in [-0.2, -0.15) is 0 Å². The molecule has 0 saturated heterocycles. The van der Waals surface area contributed by atoms with Crippen LogP contribution in [0.15, 0.2) is 65.8 Å². The lowest BCUT2D eigenvalue weighted by molar-refractivity contribution is 0.104. The van der Waals surface area contributed by atoms with Crippen LogP contribution in [0.1, 0.15) is 48.7 Å². The minimum Gasteiger partial charge on any atom is -0.508 e. The van der Waals surface area contributed by atoms with Gasteiger partial charge >= 0.3 is 0 Å². The lowest BCUT2D eigenvalue weighted by Gasteiger charge is -2.13. The van der Waals surface area contributed by atoms with E-state index in [9.17, 15) is 20.1 Å². The number of carbonyl (C=O) groups excluding carboxylic acids is 1. The SMILES string of the molecule is COC(C=C(C)C)C/C(C)=C/Cc1c(O)ccc(C(=O)/C=C/c2ccc(O)cc2)c1O. The van der Waals surface area contributed by atoms with Crippen molar-refractivity contribution in [2.75, 3.05) is 7.11 Å². The molecule has 0 aromatic heterocycles. The van der Waals surface area contributed by atoms with Crippen molar-refractivity contribution in [3.63, 3.8) is 0 Å². The predicted molar refractivity (Wildman–Crippen MR) is 124 cm³/mol. The molecule has 0 aliphatic carbocycles. The smallest absolute Gasteiger partial charge is 0.189 e. The molecule has 0 bridgehead atoms. The fraction of sp³-hybridized carbons (Fsp3) is 0.269. The summed E-state index contributed by atoms with van der Waals surface area (Å²) < 4.78 is 5.47. The molecule has 1 unspecified atom stereocenters. The van der Waals surface area contributed by atoms with Gasteiger partial charge < -0.3 is 20.1 Å². The largest absolute Gasteiger partial charge is 0.508 e. The van der Waals surface area contributed by atoms with Crippen molar-refractivity contribution >= 4 is 11.9 Å². The maximum absolute atomic E-state index is 12.6. The molecule has 0 spiro atoms. The van der Waals surface area contributed by atoms with Crippen LogP contribution in [0.3, 0.4) is 0 Å². The third-order valence-electron chi connectivity index (χ3n) is 4.84. The zero-order valence-electron chi connectivity index (χ0n) is 18.4. The van der Waals surface area contributed by atoms with Gasteiger partial charge in [-0.25, -0.2) is 0 Å². The van der Waals surface area contributed by atoms with Crippen molar-refractivity contribution in [3.05, 3.63) is 82.5 Å². The number of allylic oxidation sites excluding steroid dienone is 3. The van der Waals surface area contributed by atoms with Crippen LogP contribution in [0.4, 0.5) is 0 Å². The van der Waals surface area contributed by atoms with Crippen molar-refractivity contribution in [2.45, 2.75) is 39.7 Å². The van der Waals surface area contributed by atoms with E-state index in [1.165, 1.54) is 35.9 Å². The van der Waals surface area contributed by atoms with Gasteiger partial charge in [-0.3, -0.25) is 4.79 Å². The quantitative estimate of drug-likeness (QED) is 0.280. The van der Waals surface area contributed by atoms with Gasteiger partial charge in [0.25, 0.3) is 0 Å². The Morgan fingerprint density at radius 3 is 2.32 bits per heavy atom. The molecule has 0 fully saturated rings. The highest BCUT2D eigenvalue weighted by Gasteiger charge is 2.16. The molecule has 2 rings (SSSR count). The van der Waals surface area contributed by atoms with E-state index in [2.05, 4.69) is 0 Å². The Bertz CT molecular complexity index is 993. The van der Waals surface area contributed by atoms with Gasteiger partial charge in [0.1, 0.15) is 17.2 Å². The number of phenols is 3. The maximum atomic E-state index is 12.6. The topological polar surface area (TPSA) is 87.0 Å². The van der Waals surface area contributed by atoms with Crippen LogP contribution in [0.2, 0.25) is 0 Å². The molecule has 164 valence electrons. The van der Waals surface area contributed by atoms with Gasteiger partial charge in [0, 0.05) is 12.7 Å². The minimum absolute atomic E-state index is 0.0404. The van der Waals surface area contributed by atoms with Crippen LogP contribution in [-0.4, -0.2) is 34.3 Å². The van der Waals surface area contributed by atoms with Crippen LogP contribution in [0, 0.1) is 0 Å². The number of ether oxygens (including phenoxy) is 1. The van der Waals surface area contributed by atoms with Crippen molar-refractivity contribution < 1.29 is 24.9 Å². The zero-order chi connectivity index (χ0) is 23.0. The molecule has 5 nitrogen and oxygen atoms in total. The highest BCUT2D eigenvalue weighted by molar-refractivity contribution is 6.09. The number of methoxy groups -OCH3 is 1. The number of phenolic OH excluding ortho intramolecular Hbond substituents is 3. The van der Waals surface area contributed by atoms with Crippen molar-refractivity contribution in [3.8, 4) is 17.2 Å². The van der Waals surface area contributed by atoms with Crippen LogP contribution >= 0.6 is 0 Å². The molecule has 0 saturated carbocycles. The second-order valence-electron chi connectivity index (χ2n) is 7.73. The first-order valence-electron chi connectivity index (χ1n) is 10.1. The summed E-state index contributed by atoms with van der Waals surface area (Å²) in [6, 6.07) is 9.24. The summed E-state index contributed by atoms with van der Waals surface area (Å²) in [5.41, 5.74) is 3.38. The Morgan fingerprint density at radius 1 is 1.03 bits per heavy atom. The number of benzene rings is 2. The van der Waals surface area contributed by atoms with Crippen LogP contribution in [-0.2, 0) is 11.2 Å². The summed E-state index contributed by atoms with van der Waals surface area (Å²) in [4.78, 5) is 12.6. The van der Waals surface area contributed by atoms with E-state index in [4.69, 9.17) is 4.74 Å². The summed E-state index contributed by atoms with van der Waals surface area (Å²) in [6.45, 7) is 5.99. The third kappa shape index (κ3) is 7.15. The van der Waals surface area contributed by atoms with Crippen LogP contribution < -0.4 is 0 Å². The Labute approximate surface area is 183 Å². The fourth-order valence-electron chi connectivity index (χ4n) is 3.13. The monoisotopic (exact) mass is 422 g/mol. The van der Waals surface area contributed by atoms with Gasteiger partial charge in [-0.1, -0.05) is 41.5 Å². The summed E-state index contributed by atoms with van der Waals surface area (Å²) in [5, 5.41) is 30.2. The van der Waals surface area contributed by atoms with Crippen molar-refractivity contribution in [1.29, 1.82) is 0 Å². The lowest BCUT2D eigenvalue weighted by atomic mass is 9.99. The van der Waals surface area contributed by atoms with E-state index in [1.807, 2.05) is 32.9 Å². The molecule has 5 heteroatoms. The molecule has 0 aliphatic rings. The van der Waals surface area contributed by atoms with Gasteiger partial charge in [-0.15, -0.1) is 0 Å². The summed E-state index contributed by atoms with van der Waals surface area (Å²) in [5.74, 6) is -0.522. The van der Waals surface area contributed by atoms with E-state index < -0.39 is 0 Å². The maximum Gasteiger partial charge on any atom is 0.189 e. The van der Waals surface area contributed by atoms with E-state index in [-0.39, 0.29) is 41.1 Å². The molecule has 0 amide bonds. The first-order chi connectivity index (χ1) is 14.7. The van der Waals surface area contributed by atoms with Gasteiger partial charge in [0.2, 0.25) is 0 Å². The van der Waals surface area contributed by atoms with Crippen LogP contribution in [0.25, 0.3) is 6.08 Å². The summed E-state index contributed by atoms with van der Waals surface area (Å²) in [7, 11) is 1.66. The Hall–Kier alpha value is -3.31. The average molecular weight is 423 g/mol. The molecule has 0 aliphatic heterocycles. The lowest BCUT2D eigenvalue weighted by Crippen LogP contribution is -2.08. The van der Waals surface area contributed by atoms with E-state index in [0.717, 1.165) is 11.1 Å². The number of ketones is 1. The molecule has 2 aromatic rings. The molecular formula is C26H30O5. The zero-order valence-corrected chi connectivity index (χ0v) is 18.4. The van der Waals surface area contributed by atoms with E-state index in [0.29, 0.717) is 12.0 Å². The van der Waals surface area contributed by atoms with Gasteiger partial charge in [0.05, 0.1) is 11.7 Å². The molecule has 31 heavy (non-hydrogen) atoms. The van der Waals surface area contributed by atoms with E-state index >= 15 is 0 Å². The molecule has 3 N–H and O–H groups in total. The van der Waals surface area contributed by atoms with Crippen molar-refractivity contribution in [2.24, 2.45) is 0 Å². The normalized spacial score (nSPS) is 12.7. The number of hydrogen-bond acceptors (Lipinski definition) is 5. The highest BCUT2D eigenvalue weighted by Crippen LogP contribution is 2.32. The molecule has 2 aromatic carbocycles. The third-order valence-corrected chi connectivity index (χ3v) is 4.84. The second-order valence-corrected chi connectivity index (χ2v) is 7.73. The summed E-state index contributed by atoms with van der Waals surface area (Å²) in [6.07, 6.45) is 7.86. The molecule has 1 atom stereocenters. The van der Waals surface area contributed by atoms with E-state index in [1.54, 1.807) is 25.3 Å². The predicted octanol–water partition coefficient (Wildman–Crippen LogP) is 5.56. The number of rotatable bonds is 9. The number of aromatic hydroxyl groups is 3. The summed E-state index contributed by atoms with van der Waals surface area (Å²) >= 11 is 0. The Balaban J connectivity index is 2.18. The average Bonchev–Trinajstić information content (AvgIpc) is 2.72. The Morgan fingerprint density at radius 2 is 1.71 bits per heavy atom. The van der Waals surface area contributed by atoms with Gasteiger partial charge in [0.15, 0.2) is 5.78 Å². The number of carbonyl (C=O) groups is 1. The second kappa shape index (κ2) is 11.2. The molecular weight excluding hydrogens is 392 g/mol. The standard InChI is InChI=1S/C26H30O5/c1-17(2)15-21(31-4)16-18(3)5-11-22-25(29)14-12-23(26(22)30)24(28)13-8-19-6-9-20(27)10-7-19/h5-10,12-15,21,27,29-30H,11,16H2,1-4H3/b13-8+,18-5+. The Kier molecular flexibility index (Phi) is 8.64. The fourth-order valence-corrected chi connectivity index (χ4v) is 3.13.